The molecule has 0 saturated carbocycles. The summed E-state index contributed by atoms with van der Waals surface area (Å²) in [6.45, 7) is 0.584. The van der Waals surface area contributed by atoms with Gasteiger partial charge in [-0.1, -0.05) is 0 Å². The first kappa shape index (κ1) is 13.7. The number of thiazole rings is 1. The molecule has 0 radical (unpaired) electrons. The number of aromatic nitrogens is 3. The van der Waals surface area contributed by atoms with Gasteiger partial charge in [-0.25, -0.2) is 4.98 Å². The van der Waals surface area contributed by atoms with Crippen LogP contribution in [0.1, 0.15) is 17.3 Å². The third kappa shape index (κ3) is 3.62. The predicted octanol–water partition coefficient (Wildman–Crippen LogP) is 0.496. The Morgan fingerprint density at radius 2 is 2.42 bits per heavy atom. The van der Waals surface area contributed by atoms with E-state index in [4.69, 9.17) is 0 Å². The molecule has 0 aliphatic heterocycles. The minimum absolute atomic E-state index is 0.0503. The van der Waals surface area contributed by atoms with Crippen molar-refractivity contribution in [1.82, 2.24) is 25.4 Å². The van der Waals surface area contributed by atoms with E-state index < -0.39 is 0 Å². The average molecular weight is 279 g/mol. The maximum Gasteiger partial charge on any atom is 0.241 e. The van der Waals surface area contributed by atoms with Gasteiger partial charge in [0.2, 0.25) is 5.91 Å². The van der Waals surface area contributed by atoms with Crippen molar-refractivity contribution >= 4 is 17.2 Å². The van der Waals surface area contributed by atoms with E-state index in [0.29, 0.717) is 6.54 Å². The molecule has 2 N–H and O–H groups in total. The average Bonchev–Trinajstić information content (AvgIpc) is 3.02. The number of aryl methyl sites for hydroxylation is 1. The van der Waals surface area contributed by atoms with Gasteiger partial charge >= 0.3 is 0 Å². The van der Waals surface area contributed by atoms with Crippen molar-refractivity contribution in [2.45, 2.75) is 12.5 Å². The first-order valence-corrected chi connectivity index (χ1v) is 6.95. The zero-order valence-electron chi connectivity index (χ0n) is 11.0. The number of nitrogens with zero attached hydrogens (tertiary/aromatic N) is 3. The summed E-state index contributed by atoms with van der Waals surface area (Å²) in [6, 6.07) is -0.371. The van der Waals surface area contributed by atoms with Crippen LogP contribution in [0, 0.1) is 0 Å². The molecular formula is C12H17N5OS. The molecule has 2 aromatic rings. The predicted molar refractivity (Wildman–Crippen MR) is 73.8 cm³/mol. The number of nitrogens with one attached hydrogen (secondary N) is 2. The molecule has 0 fully saturated rings. The maximum absolute atomic E-state index is 12.1. The molecule has 2 heterocycles. The Balaban J connectivity index is 1.87. The Bertz CT molecular complexity index is 522. The van der Waals surface area contributed by atoms with Crippen molar-refractivity contribution in [3.63, 3.8) is 0 Å². The van der Waals surface area contributed by atoms with Crippen molar-refractivity contribution in [3.8, 4) is 0 Å². The number of carbonyl (C=O) groups excluding carboxylic acids is 1. The summed E-state index contributed by atoms with van der Waals surface area (Å²) in [7, 11) is 3.59. The Morgan fingerprint density at radius 1 is 1.58 bits per heavy atom. The molecule has 19 heavy (non-hydrogen) atoms. The third-order valence-corrected chi connectivity index (χ3v) is 3.41. The highest BCUT2D eigenvalue weighted by atomic mass is 32.1. The van der Waals surface area contributed by atoms with E-state index in [9.17, 15) is 4.79 Å². The number of hydrogen-bond acceptors (Lipinski definition) is 5. The fourth-order valence-corrected chi connectivity index (χ4v) is 2.41. The van der Waals surface area contributed by atoms with Gasteiger partial charge in [0.05, 0.1) is 17.4 Å². The molecule has 0 spiro atoms. The molecule has 2 aromatic heterocycles. The maximum atomic E-state index is 12.1. The molecule has 0 aliphatic carbocycles. The highest BCUT2D eigenvalue weighted by Gasteiger charge is 2.19. The lowest BCUT2D eigenvalue weighted by Gasteiger charge is -2.14. The smallest absolute Gasteiger partial charge is 0.241 e. The lowest BCUT2D eigenvalue weighted by Crippen LogP contribution is -2.36. The standard InChI is InChI=1S/C12H17N5OS/c1-13-11(9-5-16-17(2)6-9)12(18)14-4-3-10-7-19-8-15-10/h5-8,11,13H,3-4H2,1-2H3,(H,14,18). The fourth-order valence-electron chi connectivity index (χ4n) is 1.82. The van der Waals surface area contributed by atoms with E-state index in [1.165, 1.54) is 0 Å². The SMILES string of the molecule is CNC(C(=O)NCCc1cscn1)c1cnn(C)c1. The van der Waals surface area contributed by atoms with Crippen LogP contribution in [-0.4, -0.2) is 34.3 Å². The van der Waals surface area contributed by atoms with E-state index >= 15 is 0 Å². The fraction of sp³-hybridized carbons (Fsp3) is 0.417. The Hall–Kier alpha value is -1.73. The van der Waals surface area contributed by atoms with E-state index in [1.54, 1.807) is 34.8 Å². The van der Waals surface area contributed by atoms with Crippen LogP contribution < -0.4 is 10.6 Å². The summed E-state index contributed by atoms with van der Waals surface area (Å²) in [5.74, 6) is -0.0503. The summed E-state index contributed by atoms with van der Waals surface area (Å²) >= 11 is 1.56. The Morgan fingerprint density at radius 3 is 3.00 bits per heavy atom. The molecule has 0 saturated heterocycles. The van der Waals surface area contributed by atoms with Crippen LogP contribution in [0.2, 0.25) is 0 Å². The summed E-state index contributed by atoms with van der Waals surface area (Å²) < 4.78 is 1.68. The summed E-state index contributed by atoms with van der Waals surface area (Å²) in [5, 5.41) is 12.0. The van der Waals surface area contributed by atoms with Crippen LogP contribution in [0.15, 0.2) is 23.3 Å². The van der Waals surface area contributed by atoms with Crippen LogP contribution in [0.5, 0.6) is 0 Å². The Labute approximate surface area is 115 Å². The molecular weight excluding hydrogens is 262 g/mol. The zero-order chi connectivity index (χ0) is 13.7. The number of likely N-dealkylation sites (N-methyl/N-ethyl adjacent to an activating group) is 1. The van der Waals surface area contributed by atoms with Gasteiger partial charge in [-0.05, 0) is 7.05 Å². The van der Waals surface area contributed by atoms with Gasteiger partial charge in [-0.3, -0.25) is 9.48 Å². The van der Waals surface area contributed by atoms with E-state index in [2.05, 4.69) is 20.7 Å². The lowest BCUT2D eigenvalue weighted by atomic mass is 10.1. The second-order valence-electron chi connectivity index (χ2n) is 4.19. The number of hydrogen-bond donors (Lipinski definition) is 2. The number of carbonyl (C=O) groups is 1. The molecule has 2 rings (SSSR count). The van der Waals surface area contributed by atoms with Crippen molar-refractivity contribution in [2.24, 2.45) is 7.05 Å². The molecule has 1 amide bonds. The van der Waals surface area contributed by atoms with Crippen LogP contribution in [-0.2, 0) is 18.3 Å². The van der Waals surface area contributed by atoms with Crippen molar-refractivity contribution in [1.29, 1.82) is 0 Å². The Kier molecular flexibility index (Phi) is 4.64. The topological polar surface area (TPSA) is 71.8 Å². The van der Waals surface area contributed by atoms with Crippen LogP contribution in [0.25, 0.3) is 0 Å². The highest BCUT2D eigenvalue weighted by Crippen LogP contribution is 2.11. The molecule has 102 valence electrons. The minimum Gasteiger partial charge on any atom is -0.354 e. The van der Waals surface area contributed by atoms with Crippen LogP contribution >= 0.6 is 11.3 Å². The summed E-state index contributed by atoms with van der Waals surface area (Å²) in [4.78, 5) is 16.3. The van der Waals surface area contributed by atoms with Crippen LogP contribution in [0.3, 0.4) is 0 Å². The van der Waals surface area contributed by atoms with Crippen molar-refractivity contribution in [2.75, 3.05) is 13.6 Å². The lowest BCUT2D eigenvalue weighted by molar-refractivity contribution is -0.123. The molecule has 0 bridgehead atoms. The van der Waals surface area contributed by atoms with Gasteiger partial charge in [0, 0.05) is 37.2 Å². The number of rotatable bonds is 6. The normalized spacial score (nSPS) is 12.3. The van der Waals surface area contributed by atoms with Gasteiger partial charge in [0.15, 0.2) is 0 Å². The molecule has 1 unspecified atom stereocenters. The monoisotopic (exact) mass is 279 g/mol. The van der Waals surface area contributed by atoms with Crippen molar-refractivity contribution < 1.29 is 4.79 Å². The van der Waals surface area contributed by atoms with Gasteiger partial charge in [-0.2, -0.15) is 5.10 Å². The van der Waals surface area contributed by atoms with E-state index in [0.717, 1.165) is 17.7 Å². The van der Waals surface area contributed by atoms with Gasteiger partial charge in [0.25, 0.3) is 0 Å². The molecule has 6 nitrogen and oxygen atoms in total. The quantitative estimate of drug-likeness (QED) is 0.807. The van der Waals surface area contributed by atoms with E-state index in [-0.39, 0.29) is 11.9 Å². The molecule has 0 aromatic carbocycles. The summed E-state index contributed by atoms with van der Waals surface area (Å²) in [5.41, 5.74) is 3.66. The minimum atomic E-state index is -0.371. The zero-order valence-corrected chi connectivity index (χ0v) is 11.8. The van der Waals surface area contributed by atoms with Crippen LogP contribution in [0.4, 0.5) is 0 Å². The highest BCUT2D eigenvalue weighted by molar-refractivity contribution is 7.07. The molecule has 0 aliphatic rings. The van der Waals surface area contributed by atoms with Gasteiger partial charge in [0.1, 0.15) is 6.04 Å². The summed E-state index contributed by atoms with van der Waals surface area (Å²) in [6.07, 6.45) is 4.28. The first-order chi connectivity index (χ1) is 9.20. The first-order valence-electron chi connectivity index (χ1n) is 6.01. The molecule has 1 atom stereocenters. The largest absolute Gasteiger partial charge is 0.354 e. The number of amides is 1. The van der Waals surface area contributed by atoms with Gasteiger partial charge < -0.3 is 10.6 Å². The van der Waals surface area contributed by atoms with E-state index in [1.807, 2.05) is 18.6 Å². The second kappa shape index (κ2) is 6.44. The van der Waals surface area contributed by atoms with Crippen molar-refractivity contribution in [3.05, 3.63) is 34.5 Å². The molecule has 7 heteroatoms. The third-order valence-electron chi connectivity index (χ3n) is 2.77. The van der Waals surface area contributed by atoms with Gasteiger partial charge in [-0.15, -0.1) is 11.3 Å². The second-order valence-corrected chi connectivity index (χ2v) is 4.91.